The van der Waals surface area contributed by atoms with Crippen LogP contribution in [0.5, 0.6) is 0 Å². The van der Waals surface area contributed by atoms with Crippen molar-refractivity contribution in [2.45, 2.75) is 6.10 Å². The van der Waals surface area contributed by atoms with E-state index in [1.165, 1.54) is 31.4 Å². The Bertz CT molecular complexity index is 455. The summed E-state index contributed by atoms with van der Waals surface area (Å²) in [5.74, 6) is -1.16. The van der Waals surface area contributed by atoms with Crippen LogP contribution in [0, 0.1) is 0 Å². The Hall–Kier alpha value is -1.96. The molecular weight excluding hydrogens is 280 g/mol. The van der Waals surface area contributed by atoms with Crippen molar-refractivity contribution in [1.82, 2.24) is 0 Å². The number of aliphatic hydroxyl groups is 2. The zero-order chi connectivity index (χ0) is 15.7. The molecule has 1 unspecified atom stereocenters. The monoisotopic (exact) mass is 298 g/mol. The van der Waals surface area contributed by atoms with Crippen molar-refractivity contribution in [2.75, 3.05) is 33.5 Å². The van der Waals surface area contributed by atoms with Crippen LogP contribution in [0.1, 0.15) is 20.7 Å². The smallest absolute Gasteiger partial charge is 0.338 e. The summed E-state index contributed by atoms with van der Waals surface area (Å²) < 4.78 is 14.5. The lowest BCUT2D eigenvalue weighted by atomic mass is 10.1. The maximum Gasteiger partial charge on any atom is 0.338 e. The molecule has 0 saturated carbocycles. The number of carbonyl (C=O) groups is 2. The first-order valence-corrected chi connectivity index (χ1v) is 6.30. The summed E-state index contributed by atoms with van der Waals surface area (Å²) >= 11 is 0. The second kappa shape index (κ2) is 9.06. The highest BCUT2D eigenvalue weighted by molar-refractivity contribution is 5.93. The minimum atomic E-state index is -1.11. The predicted octanol–water partition coefficient (Wildman–Crippen LogP) is -0.000200. The van der Waals surface area contributed by atoms with Crippen LogP contribution in [0.25, 0.3) is 0 Å². The summed E-state index contributed by atoms with van der Waals surface area (Å²) in [4.78, 5) is 23.2. The number of methoxy groups -OCH3 is 1. The summed E-state index contributed by atoms with van der Waals surface area (Å²) in [6.07, 6.45) is -1.11. The number of hydrogen-bond acceptors (Lipinski definition) is 7. The molecule has 1 aromatic carbocycles. The highest BCUT2D eigenvalue weighted by atomic mass is 16.6. The fraction of sp³-hybridized carbons (Fsp3) is 0.429. The number of esters is 2. The fourth-order valence-electron chi connectivity index (χ4n) is 1.35. The molecule has 116 valence electrons. The molecule has 1 atom stereocenters. The van der Waals surface area contributed by atoms with Gasteiger partial charge in [-0.25, -0.2) is 9.59 Å². The third-order valence-corrected chi connectivity index (χ3v) is 2.49. The Morgan fingerprint density at radius 2 is 1.57 bits per heavy atom. The highest BCUT2D eigenvalue weighted by Gasteiger charge is 2.12. The molecule has 21 heavy (non-hydrogen) atoms. The number of benzene rings is 1. The topological polar surface area (TPSA) is 102 Å². The summed E-state index contributed by atoms with van der Waals surface area (Å²) in [5, 5.41) is 17.7. The van der Waals surface area contributed by atoms with Crippen molar-refractivity contribution in [2.24, 2.45) is 0 Å². The molecule has 0 bridgehead atoms. The van der Waals surface area contributed by atoms with Crippen LogP contribution in [0.2, 0.25) is 0 Å². The molecule has 0 saturated heterocycles. The normalized spacial score (nSPS) is 11.8. The van der Waals surface area contributed by atoms with E-state index in [1.54, 1.807) is 0 Å². The first-order chi connectivity index (χ1) is 10.1. The van der Waals surface area contributed by atoms with Crippen LogP contribution in [-0.2, 0) is 14.2 Å². The summed E-state index contributed by atoms with van der Waals surface area (Å²) in [5.41, 5.74) is 0.534. The molecular formula is C14H18O7. The number of carbonyl (C=O) groups excluding carboxylic acids is 2. The maximum absolute atomic E-state index is 11.6. The molecule has 0 aromatic heterocycles. The number of hydrogen-bond donors (Lipinski definition) is 2. The predicted molar refractivity (Wildman–Crippen MR) is 72.0 cm³/mol. The van der Waals surface area contributed by atoms with Crippen LogP contribution in [0.3, 0.4) is 0 Å². The van der Waals surface area contributed by atoms with Gasteiger partial charge in [0.25, 0.3) is 0 Å². The largest absolute Gasteiger partial charge is 0.460 e. The summed E-state index contributed by atoms with van der Waals surface area (Å²) in [6, 6.07) is 5.71. The van der Waals surface area contributed by atoms with E-state index in [9.17, 15) is 9.59 Å². The van der Waals surface area contributed by atoms with Gasteiger partial charge in [-0.1, -0.05) is 0 Å². The third-order valence-electron chi connectivity index (χ3n) is 2.49. The van der Waals surface area contributed by atoms with E-state index in [1.807, 2.05) is 0 Å². The lowest BCUT2D eigenvalue weighted by Crippen LogP contribution is -2.22. The van der Waals surface area contributed by atoms with Crippen LogP contribution in [0.4, 0.5) is 0 Å². The van der Waals surface area contributed by atoms with E-state index in [4.69, 9.17) is 24.4 Å². The Balaban J connectivity index is 2.53. The van der Waals surface area contributed by atoms with Gasteiger partial charge in [0.05, 0.1) is 24.3 Å². The molecule has 1 rings (SSSR count). The van der Waals surface area contributed by atoms with Gasteiger partial charge in [0.15, 0.2) is 0 Å². The Labute approximate surface area is 122 Å². The number of rotatable bonds is 8. The van der Waals surface area contributed by atoms with Crippen molar-refractivity contribution < 1.29 is 34.0 Å². The average molecular weight is 298 g/mol. The second-order valence-electron chi connectivity index (χ2n) is 4.14. The van der Waals surface area contributed by atoms with Gasteiger partial charge < -0.3 is 24.4 Å². The van der Waals surface area contributed by atoms with Crippen molar-refractivity contribution in [3.8, 4) is 0 Å². The van der Waals surface area contributed by atoms with E-state index in [0.717, 1.165) is 0 Å². The van der Waals surface area contributed by atoms with Crippen LogP contribution in [-0.4, -0.2) is 61.8 Å². The van der Waals surface area contributed by atoms with E-state index in [0.29, 0.717) is 12.2 Å². The quantitative estimate of drug-likeness (QED) is 0.514. The molecule has 2 N–H and O–H groups in total. The molecule has 0 spiro atoms. The van der Waals surface area contributed by atoms with Gasteiger partial charge in [-0.15, -0.1) is 0 Å². The first kappa shape index (κ1) is 17.1. The zero-order valence-electron chi connectivity index (χ0n) is 11.7. The standard InChI is InChI=1S/C14H18O7/c1-19-6-7-20-13(17)10-2-4-11(5-3-10)14(18)21-9-12(16)8-15/h2-5,12,15-16H,6-9H2,1H3. The average Bonchev–Trinajstić information content (AvgIpc) is 2.52. The molecule has 0 aliphatic rings. The summed E-state index contributed by atoms with van der Waals surface area (Å²) in [6.45, 7) is -0.322. The first-order valence-electron chi connectivity index (χ1n) is 6.30. The molecule has 0 aliphatic heterocycles. The van der Waals surface area contributed by atoms with Gasteiger partial charge in [-0.05, 0) is 24.3 Å². The van der Waals surface area contributed by atoms with Gasteiger partial charge in [0.1, 0.15) is 19.3 Å². The Morgan fingerprint density at radius 3 is 2.05 bits per heavy atom. The van der Waals surface area contributed by atoms with E-state index in [2.05, 4.69) is 0 Å². The van der Waals surface area contributed by atoms with E-state index < -0.39 is 24.6 Å². The highest BCUT2D eigenvalue weighted by Crippen LogP contribution is 2.08. The Kier molecular flexibility index (Phi) is 7.38. The number of aliphatic hydroxyl groups excluding tert-OH is 2. The molecule has 0 fully saturated rings. The lowest BCUT2D eigenvalue weighted by molar-refractivity contribution is 0.00930. The van der Waals surface area contributed by atoms with Crippen molar-refractivity contribution in [3.05, 3.63) is 35.4 Å². The van der Waals surface area contributed by atoms with Gasteiger partial charge in [0, 0.05) is 7.11 Å². The van der Waals surface area contributed by atoms with Crippen molar-refractivity contribution >= 4 is 11.9 Å². The molecule has 0 radical (unpaired) electrons. The minimum Gasteiger partial charge on any atom is -0.460 e. The lowest BCUT2D eigenvalue weighted by Gasteiger charge is -2.09. The van der Waals surface area contributed by atoms with E-state index >= 15 is 0 Å². The van der Waals surface area contributed by atoms with Gasteiger partial charge in [-0.3, -0.25) is 0 Å². The molecule has 0 amide bonds. The minimum absolute atomic E-state index is 0.151. The third kappa shape index (κ3) is 5.90. The molecule has 0 aliphatic carbocycles. The molecule has 0 heterocycles. The summed E-state index contributed by atoms with van der Waals surface area (Å²) in [7, 11) is 1.50. The molecule has 7 nitrogen and oxygen atoms in total. The van der Waals surface area contributed by atoms with Gasteiger partial charge in [-0.2, -0.15) is 0 Å². The number of ether oxygens (including phenoxy) is 3. The van der Waals surface area contributed by atoms with Crippen LogP contribution >= 0.6 is 0 Å². The van der Waals surface area contributed by atoms with Crippen LogP contribution in [0.15, 0.2) is 24.3 Å². The van der Waals surface area contributed by atoms with Crippen molar-refractivity contribution in [3.63, 3.8) is 0 Å². The Morgan fingerprint density at radius 1 is 1.05 bits per heavy atom. The van der Waals surface area contributed by atoms with Crippen LogP contribution < -0.4 is 0 Å². The van der Waals surface area contributed by atoms with Crippen molar-refractivity contribution in [1.29, 1.82) is 0 Å². The van der Waals surface area contributed by atoms with E-state index in [-0.39, 0.29) is 18.8 Å². The van der Waals surface area contributed by atoms with Gasteiger partial charge in [0.2, 0.25) is 0 Å². The molecule has 1 aromatic rings. The zero-order valence-corrected chi connectivity index (χ0v) is 11.7. The maximum atomic E-state index is 11.6. The van der Waals surface area contributed by atoms with Gasteiger partial charge >= 0.3 is 11.9 Å². The second-order valence-corrected chi connectivity index (χ2v) is 4.14. The SMILES string of the molecule is COCCOC(=O)c1ccc(C(=O)OCC(O)CO)cc1. The fourth-order valence-corrected chi connectivity index (χ4v) is 1.35. The molecule has 7 heteroatoms.